The predicted molar refractivity (Wildman–Crippen MR) is 53.3 cm³/mol. The first kappa shape index (κ1) is 12.9. The first-order chi connectivity index (χ1) is 5.41. The van der Waals surface area contributed by atoms with E-state index < -0.39 is 22.1 Å². The second-order valence-corrected chi connectivity index (χ2v) is 11.8. The average Bonchev–Trinajstić information content (AvgIpc) is 1.86. The van der Waals surface area contributed by atoms with Crippen molar-refractivity contribution in [3.05, 3.63) is 0 Å². The molecule has 0 atom stereocenters. The van der Waals surface area contributed by atoms with E-state index in [0.717, 1.165) is 0 Å². The Bertz CT molecular complexity index is 49.5. The summed E-state index contributed by atoms with van der Waals surface area (Å²) in [6, 6.07) is 0. The Hall–Kier alpha value is 1.87. The molecule has 1 fully saturated rings. The summed E-state index contributed by atoms with van der Waals surface area (Å²) in [7, 11) is 9.97. The Morgan fingerprint density at radius 1 is 0.818 bits per heavy atom. The van der Waals surface area contributed by atoms with E-state index in [2.05, 4.69) is 0 Å². The summed E-state index contributed by atoms with van der Waals surface area (Å²) >= 11 is 0.571. The van der Waals surface area contributed by atoms with E-state index in [4.69, 9.17) is 16.5 Å². The Balaban J connectivity index is 0.000000292. The van der Waals surface area contributed by atoms with E-state index >= 15 is 0 Å². The van der Waals surface area contributed by atoms with Gasteiger partial charge in [-0.15, -0.1) is 0 Å². The van der Waals surface area contributed by atoms with Crippen LogP contribution in [0.5, 0.6) is 0 Å². The van der Waals surface area contributed by atoms with Crippen molar-refractivity contribution in [2.75, 3.05) is 11.5 Å². The Morgan fingerprint density at radius 3 is 1.64 bits per heavy atom. The van der Waals surface area contributed by atoms with Crippen molar-refractivity contribution >= 4 is 28.3 Å². The third-order valence-corrected chi connectivity index (χ3v) is 2.90. The topological polar surface area (TPSA) is 0 Å². The van der Waals surface area contributed by atoms with Crippen LogP contribution in [0.1, 0.15) is 32.1 Å². The number of hydrogen-bond acceptors (Lipinski definition) is 0. The zero-order chi connectivity index (χ0) is 8.36. The van der Waals surface area contributed by atoms with E-state index in [1.165, 1.54) is 43.6 Å². The van der Waals surface area contributed by atoms with Gasteiger partial charge in [-0.3, -0.25) is 0 Å². The molecule has 1 aliphatic rings. The SMILES string of the molecule is C1CCC[SH+]CCC1.[Cl][Hg][Cl]. The summed E-state index contributed by atoms with van der Waals surface area (Å²) in [5, 5.41) is 0. The van der Waals surface area contributed by atoms with Gasteiger partial charge in [-0.25, -0.2) is 0 Å². The number of halogens is 2. The monoisotopic (exact) mass is 403 g/mol. The number of thiol groups is 1. The first-order valence-corrected chi connectivity index (χ1v) is 19.0. The van der Waals surface area contributed by atoms with Gasteiger partial charge in [0.25, 0.3) is 0 Å². The normalized spacial score (nSPS) is 18.4. The molecule has 1 saturated heterocycles. The minimum absolute atomic E-state index is 1.14. The van der Waals surface area contributed by atoms with E-state index in [1.54, 1.807) is 11.8 Å². The van der Waals surface area contributed by atoms with Crippen molar-refractivity contribution in [2.45, 2.75) is 32.1 Å². The fraction of sp³-hybridized carbons (Fsp3) is 1.00. The van der Waals surface area contributed by atoms with Crippen molar-refractivity contribution in [2.24, 2.45) is 0 Å². The maximum absolute atomic E-state index is 4.99. The van der Waals surface area contributed by atoms with Crippen LogP contribution in [-0.4, -0.2) is 11.5 Å². The van der Waals surface area contributed by atoms with Gasteiger partial charge in [0, 0.05) is 0 Å². The summed E-state index contributed by atoms with van der Waals surface area (Å²) in [4.78, 5) is 0. The third kappa shape index (κ3) is 11.9. The van der Waals surface area contributed by atoms with E-state index in [0.29, 0.717) is 0 Å². The van der Waals surface area contributed by atoms with Crippen LogP contribution >= 0.6 is 16.5 Å². The van der Waals surface area contributed by atoms with Crippen LogP contribution in [0.15, 0.2) is 0 Å². The molecule has 1 rings (SSSR count). The molecule has 0 aromatic rings. The molecule has 64 valence electrons. The van der Waals surface area contributed by atoms with Crippen LogP contribution in [0.3, 0.4) is 0 Å². The number of hydrogen-bond donors (Lipinski definition) is 0. The molecule has 0 spiro atoms. The predicted octanol–water partition coefficient (Wildman–Crippen LogP) is 3.14. The molecule has 0 radical (unpaired) electrons. The molecule has 1 aliphatic heterocycles. The van der Waals surface area contributed by atoms with Gasteiger partial charge in [-0.1, -0.05) is 6.42 Å². The maximum atomic E-state index is 4.99. The molecule has 0 aliphatic carbocycles. The van der Waals surface area contributed by atoms with Gasteiger partial charge in [0.2, 0.25) is 0 Å². The first-order valence-electron chi connectivity index (χ1n) is 4.17. The fourth-order valence-corrected chi connectivity index (χ4v) is 2.21. The van der Waals surface area contributed by atoms with E-state index in [1.807, 2.05) is 0 Å². The van der Waals surface area contributed by atoms with Crippen molar-refractivity contribution in [1.29, 1.82) is 0 Å². The molecular weight excluding hydrogens is 388 g/mol. The number of rotatable bonds is 0. The molecule has 0 bridgehead atoms. The van der Waals surface area contributed by atoms with Crippen LogP contribution in [0.4, 0.5) is 0 Å². The molecule has 0 saturated carbocycles. The molecule has 0 aromatic heterocycles. The van der Waals surface area contributed by atoms with Gasteiger partial charge in [0.1, 0.15) is 11.5 Å². The quantitative estimate of drug-likeness (QED) is 0.332. The Labute approximate surface area is 93.1 Å². The van der Waals surface area contributed by atoms with Crippen LogP contribution in [0, 0.1) is 0 Å². The van der Waals surface area contributed by atoms with Gasteiger partial charge < -0.3 is 0 Å². The van der Waals surface area contributed by atoms with Gasteiger partial charge in [-0.2, -0.15) is 0 Å². The summed E-state index contributed by atoms with van der Waals surface area (Å²) in [5.41, 5.74) is 0. The summed E-state index contributed by atoms with van der Waals surface area (Å²) in [6.45, 7) is 0. The minimum atomic E-state index is -1.14. The zero-order valence-corrected chi connectivity index (χ0v) is 14.8. The molecule has 11 heavy (non-hydrogen) atoms. The van der Waals surface area contributed by atoms with Crippen molar-refractivity contribution in [3.63, 3.8) is 0 Å². The van der Waals surface area contributed by atoms with Gasteiger partial charge in [-0.05, 0) is 37.4 Å². The summed E-state index contributed by atoms with van der Waals surface area (Å²) in [6.07, 6.45) is 7.46. The molecule has 0 aromatic carbocycles. The molecule has 4 heteroatoms. The van der Waals surface area contributed by atoms with Crippen molar-refractivity contribution < 1.29 is 22.1 Å². The third-order valence-electron chi connectivity index (χ3n) is 1.63. The van der Waals surface area contributed by atoms with Crippen LogP contribution in [0.25, 0.3) is 0 Å². The molecule has 0 unspecified atom stereocenters. The zero-order valence-electron chi connectivity index (χ0n) is 6.86. The Morgan fingerprint density at radius 2 is 1.18 bits per heavy atom. The van der Waals surface area contributed by atoms with Gasteiger partial charge in [0.05, 0.1) is 0 Å². The molecule has 0 N–H and O–H groups in total. The van der Waals surface area contributed by atoms with Crippen LogP contribution < -0.4 is 0 Å². The summed E-state index contributed by atoms with van der Waals surface area (Å²) in [5.74, 6) is 2.94. The molecule has 1 heterocycles. The molecular formula is C7H15Cl2HgS+. The van der Waals surface area contributed by atoms with Crippen molar-refractivity contribution in [3.8, 4) is 0 Å². The standard InChI is InChI=1S/C7H14S.2ClH.Hg/c1-2-4-6-8-7-5-3-1;;;/h1-7H2;2*1H;/q;;;+2/p-1. The van der Waals surface area contributed by atoms with Crippen LogP contribution in [0.2, 0.25) is 0 Å². The molecule has 0 nitrogen and oxygen atoms in total. The summed E-state index contributed by atoms with van der Waals surface area (Å²) < 4.78 is 0. The van der Waals surface area contributed by atoms with E-state index in [9.17, 15) is 0 Å². The van der Waals surface area contributed by atoms with Crippen LogP contribution in [-0.2, 0) is 33.9 Å². The average molecular weight is 403 g/mol. The van der Waals surface area contributed by atoms with Gasteiger partial charge in [0.15, 0.2) is 0 Å². The second-order valence-electron chi connectivity index (χ2n) is 2.54. The van der Waals surface area contributed by atoms with Crippen molar-refractivity contribution in [1.82, 2.24) is 0 Å². The molecule has 0 amide bonds. The van der Waals surface area contributed by atoms with Gasteiger partial charge >= 0.3 is 38.6 Å². The second kappa shape index (κ2) is 11.9. The Kier molecular flexibility index (Phi) is 13.9. The van der Waals surface area contributed by atoms with E-state index in [-0.39, 0.29) is 0 Å². The fourth-order valence-electron chi connectivity index (χ4n) is 1.09.